The summed E-state index contributed by atoms with van der Waals surface area (Å²) in [6, 6.07) is 52.1. The maximum Gasteiger partial charge on any atom is 0.124 e. The molecule has 8 aromatic rings. The molecule has 3 heterocycles. The quantitative estimate of drug-likeness (QED) is 0.124. The Bertz CT molecular complexity index is 2420. The Morgan fingerprint density at radius 2 is 1.41 bits per heavy atom. The summed E-state index contributed by atoms with van der Waals surface area (Å²) in [7, 11) is -1.23. The Labute approximate surface area is 317 Å². The van der Waals surface area contributed by atoms with Gasteiger partial charge in [0, 0.05) is 33.9 Å². The Morgan fingerprint density at radius 1 is 0.686 bits per heavy atom. The van der Waals surface area contributed by atoms with E-state index >= 15 is 0 Å². The van der Waals surface area contributed by atoms with Gasteiger partial charge >= 0.3 is 0 Å². The van der Waals surface area contributed by atoms with E-state index in [1.54, 1.807) is 6.20 Å². The number of aromatic nitrogens is 2. The number of pyridine rings is 2. The molecule has 3 nitrogen and oxygen atoms in total. The predicted octanol–water partition coefficient (Wildman–Crippen LogP) is 12.0. The van der Waals surface area contributed by atoms with Crippen LogP contribution < -0.4 is 5.19 Å². The minimum atomic E-state index is -1.23. The van der Waals surface area contributed by atoms with Crippen molar-refractivity contribution in [2.75, 3.05) is 0 Å². The van der Waals surface area contributed by atoms with Gasteiger partial charge in [-0.05, 0) is 68.3 Å². The van der Waals surface area contributed by atoms with Gasteiger partial charge in [-0.2, -0.15) is 0 Å². The summed E-state index contributed by atoms with van der Waals surface area (Å²) >= 11 is 0. The molecule has 0 atom stereocenters. The topological polar surface area (TPSA) is 38.9 Å². The molecule has 0 bridgehead atoms. The predicted molar refractivity (Wildman–Crippen MR) is 212 cm³/mol. The smallest absolute Gasteiger partial charge is 0.124 e. The van der Waals surface area contributed by atoms with Gasteiger partial charge in [-0.25, -0.2) is 0 Å². The summed E-state index contributed by atoms with van der Waals surface area (Å²) in [5, 5.41) is 3.51. The Hall–Kier alpha value is -4.93. The molecule has 0 aliphatic heterocycles. The van der Waals surface area contributed by atoms with Crippen molar-refractivity contribution in [2.45, 2.75) is 39.4 Å². The molecule has 0 amide bonds. The molecule has 0 unspecified atom stereocenters. The van der Waals surface area contributed by atoms with Crippen molar-refractivity contribution >= 4 is 35.2 Å². The van der Waals surface area contributed by atoms with Crippen LogP contribution in [0.1, 0.15) is 26.7 Å². The summed E-state index contributed by atoms with van der Waals surface area (Å²) in [5.74, 6) is -0.695. The average Bonchev–Trinajstić information content (AvgIpc) is 3.53. The van der Waals surface area contributed by atoms with Crippen LogP contribution >= 0.6 is 0 Å². The average molecular weight is 858 g/mol. The number of rotatable bonds is 6. The second-order valence-corrected chi connectivity index (χ2v) is 18.8. The van der Waals surface area contributed by atoms with Crippen LogP contribution in [-0.4, -0.2) is 18.0 Å². The number of hydrogen-bond donors (Lipinski definition) is 0. The summed E-state index contributed by atoms with van der Waals surface area (Å²) in [6.45, 7) is 10.8. The van der Waals surface area contributed by atoms with Gasteiger partial charge in [0.2, 0.25) is 0 Å². The third-order valence-corrected chi connectivity index (χ3v) is 10.9. The van der Waals surface area contributed by atoms with Crippen LogP contribution in [0.4, 0.5) is 0 Å². The van der Waals surface area contributed by atoms with E-state index in [1.807, 2.05) is 74.6 Å². The van der Waals surface area contributed by atoms with E-state index in [4.69, 9.17) is 5.79 Å². The van der Waals surface area contributed by atoms with Crippen molar-refractivity contribution in [1.82, 2.24) is 9.97 Å². The van der Waals surface area contributed by atoms with Crippen LogP contribution in [-0.2, 0) is 20.1 Å². The largest absolute Gasteiger partial charge is 0.476 e. The summed E-state index contributed by atoms with van der Waals surface area (Å²) in [5.41, 5.74) is 10.7. The first kappa shape index (κ1) is 34.5. The van der Waals surface area contributed by atoms with Crippen LogP contribution in [0.15, 0.2) is 150 Å². The van der Waals surface area contributed by atoms with Crippen molar-refractivity contribution in [3.8, 4) is 44.8 Å². The molecule has 8 rings (SSSR count). The van der Waals surface area contributed by atoms with Crippen LogP contribution in [0.3, 0.4) is 0 Å². The third kappa shape index (κ3) is 8.02. The van der Waals surface area contributed by atoms with Crippen molar-refractivity contribution in [2.24, 2.45) is 0 Å². The van der Waals surface area contributed by atoms with Gasteiger partial charge in [0.1, 0.15) is 5.58 Å². The Morgan fingerprint density at radius 3 is 2.06 bits per heavy atom. The van der Waals surface area contributed by atoms with Gasteiger partial charge < -0.3 is 14.4 Å². The van der Waals surface area contributed by atoms with E-state index < -0.39 is 14.0 Å². The first-order valence-electron chi connectivity index (χ1n) is 17.5. The number of benzene rings is 5. The maximum atomic E-state index is 8.38. The van der Waals surface area contributed by atoms with Gasteiger partial charge in [0.05, 0.1) is 13.7 Å². The molecule has 51 heavy (non-hydrogen) atoms. The monoisotopic (exact) mass is 858 g/mol. The normalized spacial score (nSPS) is 11.7. The molecular weight excluding hydrogens is 817 g/mol. The first-order valence-corrected chi connectivity index (χ1v) is 20.5. The molecule has 0 spiro atoms. The second kappa shape index (κ2) is 15.5. The number of fused-ring (bicyclic) bond motifs is 3. The van der Waals surface area contributed by atoms with Crippen molar-refractivity contribution in [3.05, 3.63) is 164 Å². The molecule has 0 aliphatic rings. The maximum absolute atomic E-state index is 8.38. The molecule has 5 heteroatoms. The summed E-state index contributed by atoms with van der Waals surface area (Å²) in [4.78, 5) is 9.07. The van der Waals surface area contributed by atoms with Gasteiger partial charge in [0.25, 0.3) is 0 Å². The second-order valence-electron chi connectivity index (χ2n) is 13.7. The molecule has 255 valence electrons. The van der Waals surface area contributed by atoms with Gasteiger partial charge in [-0.15, -0.1) is 53.6 Å². The third-order valence-electron chi connectivity index (χ3n) is 8.91. The zero-order valence-corrected chi connectivity index (χ0v) is 32.9. The van der Waals surface area contributed by atoms with Crippen LogP contribution in [0.25, 0.3) is 66.7 Å². The number of hydrogen-bond acceptors (Lipinski definition) is 3. The molecule has 3 aromatic heterocycles. The molecule has 0 N–H and O–H groups in total. The molecule has 0 aliphatic carbocycles. The standard InChI is InChI=1S/C32H24NO.C14H16NSi.Ir/c1-21(2)24-15-16-33-29(18-24)25-13-14-27-30(19-25)34-31-20-26(22-9-5-3-6-10-22)17-28(32(27)31)23-11-7-4-8-12-23;1-16(2,3)13-9-10-14(15-11-13)12-7-5-4-6-8-12;/h3-18,20-21H,1-2H3;4-7,9-11H,1-3H3;/q2*-1;/i21D;;. The number of furan rings is 1. The molecule has 0 saturated carbocycles. The molecule has 0 fully saturated rings. The fourth-order valence-corrected chi connectivity index (χ4v) is 7.10. The fraction of sp³-hybridized carbons (Fsp3) is 0.130. The Kier molecular flexibility index (Phi) is 10.5. The summed E-state index contributed by atoms with van der Waals surface area (Å²) in [6.07, 6.45) is 3.78. The van der Waals surface area contributed by atoms with E-state index in [-0.39, 0.29) is 20.1 Å². The van der Waals surface area contributed by atoms with Gasteiger partial charge in [0.15, 0.2) is 0 Å². The van der Waals surface area contributed by atoms with Gasteiger partial charge in [-0.1, -0.05) is 129 Å². The number of nitrogens with zero attached hydrogens (tertiary/aromatic N) is 2. The fourth-order valence-electron chi connectivity index (χ4n) is 6.07. The van der Waals surface area contributed by atoms with E-state index in [0.29, 0.717) is 5.58 Å². The Balaban J connectivity index is 0.000000230. The van der Waals surface area contributed by atoms with Crippen molar-refractivity contribution in [3.63, 3.8) is 0 Å². The van der Waals surface area contributed by atoms with Crippen molar-refractivity contribution < 1.29 is 25.9 Å². The molecule has 5 aromatic carbocycles. The summed E-state index contributed by atoms with van der Waals surface area (Å²) < 4.78 is 14.8. The van der Waals surface area contributed by atoms with Crippen LogP contribution in [0.2, 0.25) is 19.6 Å². The van der Waals surface area contributed by atoms with Gasteiger partial charge in [-0.3, -0.25) is 0 Å². The minimum Gasteiger partial charge on any atom is -0.476 e. The zero-order valence-electron chi connectivity index (χ0n) is 30.5. The van der Waals surface area contributed by atoms with E-state index in [2.05, 4.69) is 121 Å². The molecular formula is C46H40IrN2OSi-2. The van der Waals surface area contributed by atoms with Crippen LogP contribution in [0.5, 0.6) is 0 Å². The SMILES string of the molecule is C[Si](C)(C)c1ccc(-c2[c-]cccc2)nc1.[2H]C(C)(C)c1ccnc(-c2[c-]c3oc4cc(-c5ccccc5)cc(-c5ccccc5)c4c3cc2)c1.[Ir]. The van der Waals surface area contributed by atoms with E-state index in [9.17, 15) is 0 Å². The molecule has 1 radical (unpaired) electrons. The van der Waals surface area contributed by atoms with E-state index in [1.165, 1.54) is 5.19 Å². The zero-order chi connectivity index (χ0) is 35.6. The molecule has 0 saturated heterocycles. The van der Waals surface area contributed by atoms with Crippen molar-refractivity contribution in [1.29, 1.82) is 0 Å². The minimum absolute atomic E-state index is 0. The van der Waals surface area contributed by atoms with Crippen LogP contribution in [0, 0.1) is 12.1 Å². The first-order chi connectivity index (χ1) is 24.5. The van der Waals surface area contributed by atoms with E-state index in [0.717, 1.165) is 66.7 Å².